The first-order chi connectivity index (χ1) is 12.2. The zero-order valence-corrected chi connectivity index (χ0v) is 14.9. The highest BCUT2D eigenvalue weighted by atomic mass is 16.5. The summed E-state index contributed by atoms with van der Waals surface area (Å²) >= 11 is 0. The lowest BCUT2D eigenvalue weighted by Crippen LogP contribution is -2.46. The van der Waals surface area contributed by atoms with Crippen LogP contribution in [0.3, 0.4) is 0 Å². The number of piperidine rings is 1. The predicted molar refractivity (Wildman–Crippen MR) is 95.5 cm³/mol. The summed E-state index contributed by atoms with van der Waals surface area (Å²) in [7, 11) is 0. The number of hydrogen-bond acceptors (Lipinski definition) is 4. The number of amides is 2. The molecule has 1 heterocycles. The average Bonchev–Trinajstić information content (AvgIpc) is 2.63. The zero-order valence-electron chi connectivity index (χ0n) is 14.9. The van der Waals surface area contributed by atoms with E-state index < -0.39 is 0 Å². The molecule has 6 heteroatoms. The summed E-state index contributed by atoms with van der Waals surface area (Å²) in [5.74, 6) is 0.875. The normalized spacial score (nSPS) is 14.8. The van der Waals surface area contributed by atoms with Gasteiger partial charge in [-0.1, -0.05) is 31.5 Å². The number of rotatable bonds is 8. The molecule has 138 valence electrons. The van der Waals surface area contributed by atoms with Gasteiger partial charge in [0.1, 0.15) is 5.75 Å². The number of benzene rings is 1. The van der Waals surface area contributed by atoms with Gasteiger partial charge < -0.3 is 19.7 Å². The summed E-state index contributed by atoms with van der Waals surface area (Å²) in [4.78, 5) is 25.7. The maximum Gasteiger partial charge on any atom is 0.407 e. The molecule has 1 aliphatic heterocycles. The third kappa shape index (κ3) is 7.03. The second-order valence-corrected chi connectivity index (χ2v) is 6.20. The minimum Gasteiger partial charge on any atom is -0.493 e. The molecule has 2 rings (SSSR count). The third-order valence-electron chi connectivity index (χ3n) is 4.23. The standard InChI is InChI=1S/C19H28N2O4/c1-2-3-14-25-19(23)20-16-9-12-21(13-10-16)18(22)11-15-24-17-7-5-4-6-8-17/h4-8,16H,2-3,9-15H2,1H3,(H,20,23). The Kier molecular flexibility index (Phi) is 8.09. The molecule has 1 saturated heterocycles. The van der Waals surface area contributed by atoms with Crippen molar-refractivity contribution in [1.82, 2.24) is 10.2 Å². The first-order valence-electron chi connectivity index (χ1n) is 9.08. The van der Waals surface area contributed by atoms with Gasteiger partial charge in [0, 0.05) is 19.1 Å². The fourth-order valence-electron chi connectivity index (χ4n) is 2.72. The van der Waals surface area contributed by atoms with E-state index in [1.807, 2.05) is 35.2 Å². The van der Waals surface area contributed by atoms with E-state index in [2.05, 4.69) is 12.2 Å². The number of para-hydroxylation sites is 1. The van der Waals surface area contributed by atoms with Gasteiger partial charge in [-0.2, -0.15) is 0 Å². The third-order valence-corrected chi connectivity index (χ3v) is 4.23. The fraction of sp³-hybridized carbons (Fsp3) is 0.579. The van der Waals surface area contributed by atoms with Crippen molar-refractivity contribution in [3.05, 3.63) is 30.3 Å². The van der Waals surface area contributed by atoms with Crippen molar-refractivity contribution in [2.45, 2.75) is 45.1 Å². The molecule has 1 aromatic carbocycles. The molecule has 0 unspecified atom stereocenters. The van der Waals surface area contributed by atoms with E-state index in [1.165, 1.54) is 0 Å². The molecule has 1 aromatic rings. The van der Waals surface area contributed by atoms with Gasteiger partial charge in [0.15, 0.2) is 0 Å². The Morgan fingerprint density at radius 2 is 1.88 bits per heavy atom. The number of likely N-dealkylation sites (tertiary alicyclic amines) is 1. The Labute approximate surface area is 149 Å². The van der Waals surface area contributed by atoms with Crippen LogP contribution in [0.5, 0.6) is 5.75 Å². The van der Waals surface area contributed by atoms with Gasteiger partial charge in [-0.25, -0.2) is 4.79 Å². The summed E-state index contributed by atoms with van der Waals surface area (Å²) in [6.45, 7) is 4.21. The maximum absolute atomic E-state index is 12.2. The van der Waals surface area contributed by atoms with E-state index >= 15 is 0 Å². The van der Waals surface area contributed by atoms with Gasteiger partial charge in [0.25, 0.3) is 0 Å². The maximum atomic E-state index is 12.2. The zero-order chi connectivity index (χ0) is 17.9. The average molecular weight is 348 g/mol. The Morgan fingerprint density at radius 1 is 1.16 bits per heavy atom. The Morgan fingerprint density at radius 3 is 2.56 bits per heavy atom. The van der Waals surface area contributed by atoms with Crippen molar-refractivity contribution < 1.29 is 19.1 Å². The lowest BCUT2D eigenvalue weighted by molar-refractivity contribution is -0.132. The molecule has 0 spiro atoms. The summed E-state index contributed by atoms with van der Waals surface area (Å²) < 4.78 is 10.7. The van der Waals surface area contributed by atoms with E-state index in [4.69, 9.17) is 9.47 Å². The van der Waals surface area contributed by atoms with E-state index in [1.54, 1.807) is 0 Å². The highest BCUT2D eigenvalue weighted by molar-refractivity contribution is 5.76. The minimum absolute atomic E-state index is 0.0822. The van der Waals surface area contributed by atoms with Gasteiger partial charge in [0.2, 0.25) is 5.91 Å². The van der Waals surface area contributed by atoms with Gasteiger partial charge in [0.05, 0.1) is 19.6 Å². The van der Waals surface area contributed by atoms with Crippen LogP contribution in [0.1, 0.15) is 39.0 Å². The van der Waals surface area contributed by atoms with Crippen LogP contribution < -0.4 is 10.1 Å². The van der Waals surface area contributed by atoms with Crippen molar-refractivity contribution >= 4 is 12.0 Å². The molecule has 0 radical (unpaired) electrons. The first-order valence-corrected chi connectivity index (χ1v) is 9.08. The Hall–Kier alpha value is -2.24. The number of hydrogen-bond donors (Lipinski definition) is 1. The molecule has 0 atom stereocenters. The number of nitrogens with one attached hydrogen (secondary N) is 1. The van der Waals surface area contributed by atoms with Crippen LogP contribution in [0, 0.1) is 0 Å². The molecule has 0 saturated carbocycles. The van der Waals surface area contributed by atoms with E-state index in [0.29, 0.717) is 32.7 Å². The molecular formula is C19H28N2O4. The summed E-state index contributed by atoms with van der Waals surface area (Å²) in [6, 6.07) is 9.57. The van der Waals surface area contributed by atoms with Crippen molar-refractivity contribution in [3.63, 3.8) is 0 Å². The quantitative estimate of drug-likeness (QED) is 0.734. The largest absolute Gasteiger partial charge is 0.493 e. The van der Waals surface area contributed by atoms with E-state index in [-0.39, 0.29) is 18.0 Å². The second-order valence-electron chi connectivity index (χ2n) is 6.20. The van der Waals surface area contributed by atoms with Gasteiger partial charge >= 0.3 is 6.09 Å². The van der Waals surface area contributed by atoms with Gasteiger partial charge in [-0.05, 0) is 31.4 Å². The number of ether oxygens (including phenoxy) is 2. The number of carbonyl (C=O) groups is 2. The Bertz CT molecular complexity index is 527. The van der Waals surface area contributed by atoms with Crippen molar-refractivity contribution in [3.8, 4) is 5.75 Å². The van der Waals surface area contributed by atoms with Crippen LogP contribution >= 0.6 is 0 Å². The van der Waals surface area contributed by atoms with Crippen molar-refractivity contribution in [2.24, 2.45) is 0 Å². The van der Waals surface area contributed by atoms with Crippen LogP contribution in [0.25, 0.3) is 0 Å². The van der Waals surface area contributed by atoms with Crippen molar-refractivity contribution in [2.75, 3.05) is 26.3 Å². The van der Waals surface area contributed by atoms with E-state index in [0.717, 1.165) is 31.4 Å². The minimum atomic E-state index is -0.352. The highest BCUT2D eigenvalue weighted by Gasteiger charge is 2.24. The van der Waals surface area contributed by atoms with Gasteiger partial charge in [-0.3, -0.25) is 4.79 Å². The Balaban J connectivity index is 1.60. The molecule has 2 amide bonds. The van der Waals surface area contributed by atoms with Crippen molar-refractivity contribution in [1.29, 1.82) is 0 Å². The van der Waals surface area contributed by atoms with Crippen LogP contribution in [0.4, 0.5) is 4.79 Å². The first kappa shape index (κ1) is 19.1. The lowest BCUT2D eigenvalue weighted by Gasteiger charge is -2.32. The summed E-state index contributed by atoms with van der Waals surface area (Å²) in [6.07, 6.45) is 3.41. The smallest absolute Gasteiger partial charge is 0.407 e. The predicted octanol–water partition coefficient (Wildman–Crippen LogP) is 2.97. The fourth-order valence-corrected chi connectivity index (χ4v) is 2.72. The molecule has 0 aromatic heterocycles. The van der Waals surface area contributed by atoms with Crippen LogP contribution in [-0.2, 0) is 9.53 Å². The molecule has 1 fully saturated rings. The van der Waals surface area contributed by atoms with E-state index in [9.17, 15) is 9.59 Å². The number of carbonyl (C=O) groups excluding carboxylic acids is 2. The molecule has 1 aliphatic rings. The molecular weight excluding hydrogens is 320 g/mol. The summed E-state index contributed by atoms with van der Waals surface area (Å²) in [5.41, 5.74) is 0. The monoisotopic (exact) mass is 348 g/mol. The van der Waals surface area contributed by atoms with Gasteiger partial charge in [-0.15, -0.1) is 0 Å². The molecule has 0 aliphatic carbocycles. The van der Waals surface area contributed by atoms with Crippen LogP contribution in [0.15, 0.2) is 30.3 Å². The van der Waals surface area contributed by atoms with Crippen LogP contribution in [-0.4, -0.2) is 49.2 Å². The number of unbranched alkanes of at least 4 members (excludes halogenated alkanes) is 1. The molecule has 0 bridgehead atoms. The summed E-state index contributed by atoms with van der Waals surface area (Å²) in [5, 5.41) is 2.88. The molecule has 6 nitrogen and oxygen atoms in total. The highest BCUT2D eigenvalue weighted by Crippen LogP contribution is 2.13. The second kappa shape index (κ2) is 10.6. The number of alkyl carbamates (subject to hydrolysis) is 1. The number of nitrogens with zero attached hydrogens (tertiary/aromatic N) is 1. The lowest BCUT2D eigenvalue weighted by atomic mass is 10.1. The molecule has 1 N–H and O–H groups in total. The molecule has 25 heavy (non-hydrogen) atoms. The van der Waals surface area contributed by atoms with Crippen LogP contribution in [0.2, 0.25) is 0 Å². The SMILES string of the molecule is CCCCOC(=O)NC1CCN(C(=O)CCOc2ccccc2)CC1. The topological polar surface area (TPSA) is 67.9 Å².